The van der Waals surface area contributed by atoms with E-state index in [0.29, 0.717) is 24.8 Å². The van der Waals surface area contributed by atoms with E-state index < -0.39 is 6.10 Å². The van der Waals surface area contributed by atoms with Crippen LogP contribution < -0.4 is 10.1 Å². The number of guanidine groups is 1. The molecule has 140 valence electrons. The summed E-state index contributed by atoms with van der Waals surface area (Å²) in [7, 11) is 3.50. The minimum absolute atomic E-state index is 0.225. The molecule has 26 heavy (non-hydrogen) atoms. The highest BCUT2D eigenvalue weighted by molar-refractivity contribution is 5.79. The summed E-state index contributed by atoms with van der Waals surface area (Å²) in [5.74, 6) is 1.13. The normalized spacial score (nSPS) is 12.6. The molecule has 0 radical (unpaired) electrons. The highest BCUT2D eigenvalue weighted by Crippen LogP contribution is 2.19. The Morgan fingerprint density at radius 3 is 2.65 bits per heavy atom. The first-order valence-corrected chi connectivity index (χ1v) is 8.59. The van der Waals surface area contributed by atoms with Gasteiger partial charge in [0.2, 0.25) is 0 Å². The van der Waals surface area contributed by atoms with Gasteiger partial charge in [-0.15, -0.1) is 0 Å². The lowest BCUT2D eigenvalue weighted by Gasteiger charge is -2.22. The van der Waals surface area contributed by atoms with E-state index >= 15 is 0 Å². The molecule has 1 atom stereocenters. The molecule has 2 aromatic rings. The fourth-order valence-corrected chi connectivity index (χ4v) is 2.54. The van der Waals surface area contributed by atoms with Gasteiger partial charge in [-0.25, -0.2) is 4.39 Å². The van der Waals surface area contributed by atoms with E-state index in [4.69, 9.17) is 4.74 Å². The van der Waals surface area contributed by atoms with Crippen molar-refractivity contribution in [2.75, 3.05) is 27.2 Å². The van der Waals surface area contributed by atoms with Crippen molar-refractivity contribution in [3.63, 3.8) is 0 Å². The number of ether oxygens (including phenoxy) is 1. The van der Waals surface area contributed by atoms with Crippen LogP contribution in [0, 0.1) is 5.82 Å². The minimum atomic E-state index is -0.724. The largest absolute Gasteiger partial charge is 0.497 e. The molecule has 0 aliphatic heterocycles. The maximum atomic E-state index is 13.0. The Kier molecular flexibility index (Phi) is 7.41. The molecule has 2 rings (SSSR count). The molecule has 5 nitrogen and oxygen atoms in total. The van der Waals surface area contributed by atoms with Gasteiger partial charge < -0.3 is 20.1 Å². The molecule has 0 amide bonds. The maximum absolute atomic E-state index is 13.0. The predicted molar refractivity (Wildman–Crippen MR) is 102 cm³/mol. The van der Waals surface area contributed by atoms with Gasteiger partial charge in [0.15, 0.2) is 5.96 Å². The van der Waals surface area contributed by atoms with Crippen LogP contribution in [0.2, 0.25) is 0 Å². The van der Waals surface area contributed by atoms with Crippen molar-refractivity contribution in [2.24, 2.45) is 4.99 Å². The van der Waals surface area contributed by atoms with Crippen molar-refractivity contribution in [1.29, 1.82) is 0 Å². The average molecular weight is 359 g/mol. The molecule has 1 unspecified atom stereocenters. The Balaban J connectivity index is 2.05. The number of hydrogen-bond donors (Lipinski definition) is 2. The van der Waals surface area contributed by atoms with Crippen molar-refractivity contribution in [3.05, 3.63) is 65.5 Å². The Hall–Kier alpha value is -2.60. The maximum Gasteiger partial charge on any atom is 0.194 e. The zero-order valence-corrected chi connectivity index (χ0v) is 15.4. The lowest BCUT2D eigenvalue weighted by atomic mass is 10.1. The molecule has 0 bridgehead atoms. The van der Waals surface area contributed by atoms with Gasteiger partial charge in [0.1, 0.15) is 11.6 Å². The van der Waals surface area contributed by atoms with Gasteiger partial charge in [-0.3, -0.25) is 4.99 Å². The summed E-state index contributed by atoms with van der Waals surface area (Å²) in [5.41, 5.74) is 1.73. The number of nitrogens with zero attached hydrogens (tertiary/aromatic N) is 2. The van der Waals surface area contributed by atoms with Crippen LogP contribution in [0.25, 0.3) is 0 Å². The Bertz CT molecular complexity index is 719. The number of halogens is 1. The predicted octanol–water partition coefficient (Wildman–Crippen LogP) is 2.97. The number of nitrogens with one attached hydrogen (secondary N) is 1. The quantitative estimate of drug-likeness (QED) is 0.589. The van der Waals surface area contributed by atoms with Crippen molar-refractivity contribution >= 4 is 5.96 Å². The van der Waals surface area contributed by atoms with Crippen LogP contribution >= 0.6 is 0 Å². The fourth-order valence-electron chi connectivity index (χ4n) is 2.54. The first-order valence-electron chi connectivity index (χ1n) is 8.59. The topological polar surface area (TPSA) is 57.1 Å². The Morgan fingerprint density at radius 1 is 1.27 bits per heavy atom. The second kappa shape index (κ2) is 9.77. The van der Waals surface area contributed by atoms with Gasteiger partial charge in [0.05, 0.1) is 19.8 Å². The fraction of sp³-hybridized carbons (Fsp3) is 0.350. The molecule has 0 aliphatic carbocycles. The summed E-state index contributed by atoms with van der Waals surface area (Å²) in [6.45, 7) is 3.51. The molecular formula is C20H26FN3O2. The lowest BCUT2D eigenvalue weighted by Crippen LogP contribution is -2.38. The first-order chi connectivity index (χ1) is 12.5. The van der Waals surface area contributed by atoms with Crippen LogP contribution in [0.15, 0.2) is 53.5 Å². The summed E-state index contributed by atoms with van der Waals surface area (Å²) >= 11 is 0. The van der Waals surface area contributed by atoms with Crippen molar-refractivity contribution < 1.29 is 14.2 Å². The molecule has 0 aromatic heterocycles. The standard InChI is InChI=1S/C20H26FN3O2/c1-4-22-20(24(2)14-15-8-10-17(21)11-9-15)23-13-19(25)16-6-5-7-18(12-16)26-3/h5-12,19,25H,4,13-14H2,1-3H3,(H,22,23). The van der Waals surface area contributed by atoms with Crippen LogP contribution in [0.4, 0.5) is 4.39 Å². The third-order valence-electron chi connectivity index (χ3n) is 3.92. The highest BCUT2D eigenvalue weighted by Gasteiger charge is 2.11. The van der Waals surface area contributed by atoms with Crippen molar-refractivity contribution in [1.82, 2.24) is 10.2 Å². The number of rotatable bonds is 7. The van der Waals surface area contributed by atoms with Crippen LogP contribution in [0.5, 0.6) is 5.75 Å². The van der Waals surface area contributed by atoms with Crippen LogP contribution in [-0.2, 0) is 6.54 Å². The van der Waals surface area contributed by atoms with E-state index in [-0.39, 0.29) is 12.4 Å². The van der Waals surface area contributed by atoms with Gasteiger partial charge in [0, 0.05) is 20.1 Å². The third-order valence-corrected chi connectivity index (χ3v) is 3.92. The summed E-state index contributed by atoms with van der Waals surface area (Å²) < 4.78 is 18.2. The Labute approximate surface area is 154 Å². The van der Waals surface area contributed by atoms with E-state index in [2.05, 4.69) is 10.3 Å². The van der Waals surface area contributed by atoms with E-state index in [1.54, 1.807) is 25.3 Å². The van der Waals surface area contributed by atoms with Gasteiger partial charge in [-0.2, -0.15) is 0 Å². The number of hydrogen-bond acceptors (Lipinski definition) is 3. The number of aliphatic hydroxyl groups excluding tert-OH is 1. The average Bonchev–Trinajstić information content (AvgIpc) is 2.66. The minimum Gasteiger partial charge on any atom is -0.497 e. The number of aliphatic hydroxyl groups is 1. The summed E-state index contributed by atoms with van der Waals surface area (Å²) in [6, 6.07) is 13.7. The number of aliphatic imine (C=N–C) groups is 1. The molecule has 0 spiro atoms. The van der Waals surface area contributed by atoms with Gasteiger partial charge in [-0.1, -0.05) is 24.3 Å². The Morgan fingerprint density at radius 2 is 2.00 bits per heavy atom. The highest BCUT2D eigenvalue weighted by atomic mass is 19.1. The van der Waals surface area contributed by atoms with Crippen molar-refractivity contribution in [3.8, 4) is 5.75 Å². The summed E-state index contributed by atoms with van der Waals surface area (Å²) in [4.78, 5) is 6.46. The molecule has 0 heterocycles. The van der Waals surface area contributed by atoms with E-state index in [0.717, 1.165) is 11.1 Å². The number of methoxy groups -OCH3 is 1. The zero-order valence-electron chi connectivity index (χ0n) is 15.4. The van der Waals surface area contributed by atoms with E-state index in [1.807, 2.05) is 37.1 Å². The van der Waals surface area contributed by atoms with Gasteiger partial charge >= 0.3 is 0 Å². The van der Waals surface area contributed by atoms with Crippen LogP contribution in [0.1, 0.15) is 24.2 Å². The molecule has 2 aromatic carbocycles. The summed E-state index contributed by atoms with van der Waals surface area (Å²) in [5, 5.41) is 13.6. The smallest absolute Gasteiger partial charge is 0.194 e. The third kappa shape index (κ3) is 5.74. The second-order valence-corrected chi connectivity index (χ2v) is 5.97. The van der Waals surface area contributed by atoms with E-state index in [1.165, 1.54) is 12.1 Å². The number of benzene rings is 2. The molecule has 2 N–H and O–H groups in total. The zero-order chi connectivity index (χ0) is 18.9. The van der Waals surface area contributed by atoms with Gasteiger partial charge in [-0.05, 0) is 42.3 Å². The molecule has 6 heteroatoms. The second-order valence-electron chi connectivity index (χ2n) is 5.97. The molecule has 0 aliphatic rings. The van der Waals surface area contributed by atoms with Crippen LogP contribution in [0.3, 0.4) is 0 Å². The SMILES string of the molecule is CCNC(=NCC(O)c1cccc(OC)c1)N(C)Cc1ccc(F)cc1. The first kappa shape index (κ1) is 19.7. The van der Waals surface area contributed by atoms with Crippen molar-refractivity contribution in [2.45, 2.75) is 19.6 Å². The van der Waals surface area contributed by atoms with Gasteiger partial charge in [0.25, 0.3) is 0 Å². The molecule has 0 saturated heterocycles. The van der Waals surface area contributed by atoms with E-state index in [9.17, 15) is 9.50 Å². The van der Waals surface area contributed by atoms with Crippen LogP contribution in [-0.4, -0.2) is 43.2 Å². The molecule has 0 fully saturated rings. The summed E-state index contributed by atoms with van der Waals surface area (Å²) in [6.07, 6.45) is -0.724. The monoisotopic (exact) mass is 359 g/mol. The lowest BCUT2D eigenvalue weighted by molar-refractivity contribution is 0.186. The molecular weight excluding hydrogens is 333 g/mol. The molecule has 0 saturated carbocycles.